The normalized spacial score (nSPS) is 10.5. The monoisotopic (exact) mass is 396 g/mol. The number of hydrogen-bond acceptors (Lipinski definition) is 6. The maximum atomic E-state index is 12.0. The van der Waals surface area contributed by atoms with Crippen LogP contribution in [0.1, 0.15) is 16.7 Å². The van der Waals surface area contributed by atoms with Gasteiger partial charge < -0.3 is 5.32 Å². The summed E-state index contributed by atoms with van der Waals surface area (Å²) < 4.78 is 1.57. The van der Waals surface area contributed by atoms with Crippen molar-refractivity contribution in [2.24, 2.45) is 0 Å². The Morgan fingerprint density at radius 2 is 1.86 bits per heavy atom. The Balaban J connectivity index is 1.52. The molecule has 0 bridgehead atoms. The highest BCUT2D eigenvalue weighted by molar-refractivity contribution is 7.99. The van der Waals surface area contributed by atoms with Gasteiger partial charge in [-0.2, -0.15) is 4.68 Å². The molecule has 0 aliphatic carbocycles. The highest BCUT2D eigenvalue weighted by Gasteiger charge is 2.13. The maximum absolute atomic E-state index is 12.0. The Bertz CT molecular complexity index is 974. The number of carbonyl (C=O) groups is 2. The lowest BCUT2D eigenvalue weighted by Gasteiger charge is -2.08. The van der Waals surface area contributed by atoms with Gasteiger partial charge in [0.25, 0.3) is 0 Å². The summed E-state index contributed by atoms with van der Waals surface area (Å²) in [5, 5.41) is 17.0. The van der Waals surface area contributed by atoms with Crippen molar-refractivity contribution in [1.29, 1.82) is 0 Å². The predicted molar refractivity (Wildman–Crippen MR) is 106 cm³/mol. The first kappa shape index (κ1) is 19.6. The number of rotatable bonds is 6. The lowest BCUT2D eigenvalue weighted by molar-refractivity contribution is -0.117. The van der Waals surface area contributed by atoms with E-state index in [2.05, 4.69) is 26.2 Å². The molecule has 8 nitrogen and oxygen atoms in total. The fourth-order valence-electron chi connectivity index (χ4n) is 2.40. The zero-order valence-electron chi connectivity index (χ0n) is 15.5. The van der Waals surface area contributed by atoms with Crippen molar-refractivity contribution in [2.45, 2.75) is 25.5 Å². The fraction of sp³-hybridized carbons (Fsp3) is 0.211. The molecule has 0 unspecified atom stereocenters. The van der Waals surface area contributed by atoms with E-state index in [0.717, 1.165) is 28.6 Å². The van der Waals surface area contributed by atoms with E-state index in [9.17, 15) is 9.59 Å². The molecule has 1 heterocycles. The summed E-state index contributed by atoms with van der Waals surface area (Å²) in [6.07, 6.45) is 0. The number of amides is 3. The van der Waals surface area contributed by atoms with Crippen LogP contribution in [-0.4, -0.2) is 37.9 Å². The molecular formula is C19H20N6O2S. The molecule has 0 atom stereocenters. The molecule has 9 heteroatoms. The van der Waals surface area contributed by atoms with E-state index in [4.69, 9.17) is 0 Å². The Morgan fingerprint density at radius 1 is 1.07 bits per heavy atom. The third-order valence-corrected chi connectivity index (χ3v) is 4.98. The van der Waals surface area contributed by atoms with Gasteiger partial charge in [-0.1, -0.05) is 48.2 Å². The average Bonchev–Trinajstić information content (AvgIpc) is 3.16. The number of tetrazole rings is 1. The van der Waals surface area contributed by atoms with Crippen molar-refractivity contribution < 1.29 is 9.59 Å². The first-order chi connectivity index (χ1) is 13.5. The molecular weight excluding hydrogens is 376 g/mol. The Hall–Kier alpha value is -3.20. The molecule has 0 fully saturated rings. The Morgan fingerprint density at radius 3 is 2.61 bits per heavy atom. The number of thioether (sulfide) groups is 1. The van der Waals surface area contributed by atoms with Crippen LogP contribution in [0, 0.1) is 13.8 Å². The minimum atomic E-state index is -0.539. The summed E-state index contributed by atoms with van der Waals surface area (Å²) in [6.45, 7) is 4.39. The van der Waals surface area contributed by atoms with Gasteiger partial charge in [-0.15, -0.1) is 5.10 Å². The first-order valence-corrected chi connectivity index (χ1v) is 9.62. The molecule has 144 valence electrons. The van der Waals surface area contributed by atoms with Gasteiger partial charge in [0.1, 0.15) is 0 Å². The predicted octanol–water partition coefficient (Wildman–Crippen LogP) is 2.40. The molecule has 0 saturated heterocycles. The second-order valence-corrected chi connectivity index (χ2v) is 7.09. The van der Waals surface area contributed by atoms with Crippen LogP contribution in [0.4, 0.5) is 4.79 Å². The third-order valence-electron chi connectivity index (χ3n) is 4.06. The molecule has 3 amide bonds. The minimum absolute atomic E-state index is 0.0178. The standard InChI is InChI=1S/C19H20N6O2S/c1-13-8-9-16(10-14(13)2)25-19(22-23-24-25)28-12-17(26)21-18(27)20-11-15-6-4-3-5-7-15/h3-10H,11-12H2,1-2H3,(H2,20,21,26,27). The third kappa shape index (κ3) is 5.17. The van der Waals surface area contributed by atoms with Gasteiger partial charge in [-0.3, -0.25) is 10.1 Å². The molecule has 0 spiro atoms. The van der Waals surface area contributed by atoms with E-state index in [1.54, 1.807) is 4.68 Å². The van der Waals surface area contributed by atoms with Crippen molar-refractivity contribution in [1.82, 2.24) is 30.8 Å². The van der Waals surface area contributed by atoms with Gasteiger partial charge in [-0.25, -0.2) is 4.79 Å². The van der Waals surface area contributed by atoms with Gasteiger partial charge in [0.15, 0.2) is 0 Å². The maximum Gasteiger partial charge on any atom is 0.321 e. The molecule has 0 aliphatic rings. The lowest BCUT2D eigenvalue weighted by Crippen LogP contribution is -2.40. The van der Waals surface area contributed by atoms with Crippen LogP contribution in [0.15, 0.2) is 53.7 Å². The SMILES string of the molecule is Cc1ccc(-n2nnnc2SCC(=O)NC(=O)NCc2ccccc2)cc1C. The first-order valence-electron chi connectivity index (χ1n) is 8.63. The Labute approximate surface area is 166 Å². The highest BCUT2D eigenvalue weighted by Crippen LogP contribution is 2.19. The van der Waals surface area contributed by atoms with Gasteiger partial charge in [0, 0.05) is 6.54 Å². The quantitative estimate of drug-likeness (QED) is 0.621. The van der Waals surface area contributed by atoms with Crippen LogP contribution in [-0.2, 0) is 11.3 Å². The van der Waals surface area contributed by atoms with E-state index in [1.165, 1.54) is 5.56 Å². The van der Waals surface area contributed by atoms with E-state index < -0.39 is 11.9 Å². The van der Waals surface area contributed by atoms with Crippen LogP contribution in [0.5, 0.6) is 0 Å². The highest BCUT2D eigenvalue weighted by atomic mass is 32.2. The number of nitrogens with zero attached hydrogens (tertiary/aromatic N) is 4. The van der Waals surface area contributed by atoms with E-state index in [1.807, 2.05) is 62.4 Å². The lowest BCUT2D eigenvalue weighted by atomic mass is 10.1. The summed E-state index contributed by atoms with van der Waals surface area (Å²) in [6, 6.07) is 14.8. The molecule has 0 radical (unpaired) electrons. The second kappa shape index (κ2) is 9.14. The molecule has 3 rings (SSSR count). The van der Waals surface area contributed by atoms with Gasteiger partial charge in [-0.05, 0) is 53.1 Å². The van der Waals surface area contributed by atoms with Gasteiger partial charge in [0.05, 0.1) is 11.4 Å². The second-order valence-electron chi connectivity index (χ2n) is 6.15. The van der Waals surface area contributed by atoms with Crippen LogP contribution in [0.3, 0.4) is 0 Å². The topological polar surface area (TPSA) is 102 Å². The van der Waals surface area contributed by atoms with Crippen molar-refractivity contribution in [3.05, 3.63) is 65.2 Å². The minimum Gasteiger partial charge on any atom is -0.334 e. The van der Waals surface area contributed by atoms with Crippen LogP contribution >= 0.6 is 11.8 Å². The zero-order chi connectivity index (χ0) is 19.9. The van der Waals surface area contributed by atoms with Crippen molar-refractivity contribution in [3.8, 4) is 5.69 Å². The van der Waals surface area contributed by atoms with Crippen molar-refractivity contribution in [3.63, 3.8) is 0 Å². The van der Waals surface area contributed by atoms with E-state index >= 15 is 0 Å². The number of nitrogens with one attached hydrogen (secondary N) is 2. The van der Waals surface area contributed by atoms with Gasteiger partial charge in [0.2, 0.25) is 11.1 Å². The number of imide groups is 1. The van der Waals surface area contributed by atoms with Crippen molar-refractivity contribution >= 4 is 23.7 Å². The molecule has 1 aromatic heterocycles. The van der Waals surface area contributed by atoms with Gasteiger partial charge >= 0.3 is 6.03 Å². The number of carbonyl (C=O) groups excluding carboxylic acids is 2. The molecule has 3 aromatic rings. The summed E-state index contributed by atoms with van der Waals surface area (Å²) >= 11 is 1.16. The Kier molecular flexibility index (Phi) is 6.38. The number of aryl methyl sites for hydroxylation is 2. The van der Waals surface area contributed by atoms with E-state index in [0.29, 0.717) is 11.7 Å². The van der Waals surface area contributed by atoms with Crippen LogP contribution in [0.2, 0.25) is 0 Å². The van der Waals surface area contributed by atoms with Crippen LogP contribution in [0.25, 0.3) is 5.69 Å². The van der Waals surface area contributed by atoms with Crippen LogP contribution < -0.4 is 10.6 Å². The smallest absolute Gasteiger partial charge is 0.321 e. The molecule has 2 aromatic carbocycles. The summed E-state index contributed by atoms with van der Waals surface area (Å²) in [5.41, 5.74) is 4.06. The number of aromatic nitrogens is 4. The fourth-order valence-corrected chi connectivity index (χ4v) is 3.09. The van der Waals surface area contributed by atoms with Crippen molar-refractivity contribution in [2.75, 3.05) is 5.75 Å². The summed E-state index contributed by atoms with van der Waals surface area (Å²) in [5.74, 6) is -0.408. The van der Waals surface area contributed by atoms with E-state index in [-0.39, 0.29) is 5.75 Å². The summed E-state index contributed by atoms with van der Waals surface area (Å²) in [4.78, 5) is 23.9. The number of urea groups is 1. The molecule has 0 aliphatic heterocycles. The number of hydrogen-bond donors (Lipinski definition) is 2. The molecule has 0 saturated carbocycles. The number of benzene rings is 2. The largest absolute Gasteiger partial charge is 0.334 e. The zero-order valence-corrected chi connectivity index (χ0v) is 16.4. The summed E-state index contributed by atoms with van der Waals surface area (Å²) in [7, 11) is 0. The molecule has 28 heavy (non-hydrogen) atoms. The molecule has 2 N–H and O–H groups in total. The average molecular weight is 396 g/mol.